The van der Waals surface area contributed by atoms with Crippen molar-refractivity contribution >= 4 is 0 Å². The quantitative estimate of drug-likeness (QED) is 0.633. The van der Waals surface area contributed by atoms with Crippen LogP contribution in [0.3, 0.4) is 0 Å². The number of nitrogens with two attached hydrogens (primary N) is 1. The molecule has 3 N–H and O–H groups in total. The highest BCUT2D eigenvalue weighted by molar-refractivity contribution is 5.44. The van der Waals surface area contributed by atoms with Crippen molar-refractivity contribution in [3.05, 3.63) is 48.1 Å². The van der Waals surface area contributed by atoms with Crippen molar-refractivity contribution in [1.29, 1.82) is 0 Å². The van der Waals surface area contributed by atoms with Gasteiger partial charge in [0.15, 0.2) is 17.3 Å². The maximum atomic E-state index is 6.32. The highest BCUT2D eigenvalue weighted by Gasteiger charge is 2.17. The third-order valence-electron chi connectivity index (χ3n) is 3.53. The van der Waals surface area contributed by atoms with Crippen molar-refractivity contribution in [2.24, 2.45) is 5.73 Å². The van der Waals surface area contributed by atoms with E-state index >= 15 is 0 Å². The minimum absolute atomic E-state index is 0.452. The molecule has 0 bridgehead atoms. The van der Waals surface area contributed by atoms with E-state index in [0.29, 0.717) is 42.9 Å². The van der Waals surface area contributed by atoms with E-state index < -0.39 is 6.04 Å². The highest BCUT2D eigenvalue weighted by atomic mass is 16.5. The number of aromatic amines is 1. The van der Waals surface area contributed by atoms with Crippen LogP contribution in [-0.2, 0) is 6.54 Å². The van der Waals surface area contributed by atoms with Crippen LogP contribution in [0.5, 0.6) is 11.5 Å². The van der Waals surface area contributed by atoms with Crippen LogP contribution in [-0.4, -0.2) is 43.2 Å². The first-order valence-corrected chi connectivity index (χ1v) is 8.10. The van der Waals surface area contributed by atoms with E-state index in [1.165, 1.54) is 6.33 Å². The topological polar surface area (TPSA) is 117 Å². The molecule has 0 amide bonds. The van der Waals surface area contributed by atoms with Gasteiger partial charge < -0.3 is 15.2 Å². The number of hydrogen-bond donors (Lipinski definition) is 2. The fourth-order valence-electron chi connectivity index (χ4n) is 2.40. The molecule has 132 valence electrons. The Balaban J connectivity index is 1.79. The molecular weight excluding hydrogens is 322 g/mol. The molecule has 0 saturated heterocycles. The van der Waals surface area contributed by atoms with Crippen LogP contribution in [0, 0.1) is 0 Å². The van der Waals surface area contributed by atoms with Gasteiger partial charge in [0.25, 0.3) is 0 Å². The summed E-state index contributed by atoms with van der Waals surface area (Å²) < 4.78 is 12.9. The van der Waals surface area contributed by atoms with E-state index in [2.05, 4.69) is 25.3 Å². The molecule has 0 unspecified atom stereocenters. The lowest BCUT2D eigenvalue weighted by molar-refractivity contribution is 0.287. The first-order chi connectivity index (χ1) is 12.2. The van der Waals surface area contributed by atoms with Crippen molar-refractivity contribution in [1.82, 2.24) is 29.9 Å². The molecule has 3 rings (SSSR count). The lowest BCUT2D eigenvalue weighted by atomic mass is 10.1. The van der Waals surface area contributed by atoms with Crippen molar-refractivity contribution in [3.8, 4) is 11.5 Å². The molecule has 2 heterocycles. The molecule has 9 nitrogen and oxygen atoms in total. The van der Waals surface area contributed by atoms with Crippen LogP contribution in [0.1, 0.15) is 37.1 Å². The average Bonchev–Trinajstić information content (AvgIpc) is 3.29. The number of rotatable bonds is 8. The predicted molar refractivity (Wildman–Crippen MR) is 90.3 cm³/mol. The zero-order chi connectivity index (χ0) is 17.6. The Bertz CT molecular complexity index is 801. The number of benzene rings is 1. The second-order valence-electron chi connectivity index (χ2n) is 5.28. The highest BCUT2D eigenvalue weighted by Crippen LogP contribution is 2.31. The molecule has 0 fully saturated rings. The zero-order valence-corrected chi connectivity index (χ0v) is 14.2. The minimum atomic E-state index is -0.476. The van der Waals surface area contributed by atoms with Crippen LogP contribution in [0.25, 0.3) is 0 Å². The third kappa shape index (κ3) is 3.94. The number of nitrogens with zero attached hydrogens (tertiary/aromatic N) is 5. The summed E-state index contributed by atoms with van der Waals surface area (Å²) in [4.78, 5) is 8.34. The molecule has 1 atom stereocenters. The summed E-state index contributed by atoms with van der Waals surface area (Å²) in [5.74, 6) is 2.52. The van der Waals surface area contributed by atoms with Crippen LogP contribution in [0.15, 0.2) is 30.9 Å². The number of H-pyrrole nitrogens is 1. The molecule has 0 aliphatic heterocycles. The van der Waals surface area contributed by atoms with Gasteiger partial charge in [-0.3, -0.25) is 5.10 Å². The van der Waals surface area contributed by atoms with Crippen molar-refractivity contribution in [2.45, 2.75) is 26.4 Å². The van der Waals surface area contributed by atoms with Crippen LogP contribution >= 0.6 is 0 Å². The summed E-state index contributed by atoms with van der Waals surface area (Å²) in [5.41, 5.74) is 7.16. The van der Waals surface area contributed by atoms with Crippen molar-refractivity contribution in [2.75, 3.05) is 13.2 Å². The Morgan fingerprint density at radius 1 is 1.20 bits per heavy atom. The van der Waals surface area contributed by atoms with E-state index in [1.54, 1.807) is 11.0 Å². The van der Waals surface area contributed by atoms with Gasteiger partial charge in [0.05, 0.1) is 19.3 Å². The van der Waals surface area contributed by atoms with Gasteiger partial charge in [0, 0.05) is 0 Å². The molecule has 1 aromatic carbocycles. The van der Waals surface area contributed by atoms with Gasteiger partial charge in [-0.05, 0) is 31.5 Å². The molecule has 2 aromatic heterocycles. The summed E-state index contributed by atoms with van der Waals surface area (Å²) in [5, 5.41) is 11.1. The molecule has 0 saturated carbocycles. The maximum Gasteiger partial charge on any atom is 0.171 e. The summed E-state index contributed by atoms with van der Waals surface area (Å²) in [6.45, 7) is 5.42. The summed E-state index contributed by atoms with van der Waals surface area (Å²) in [6, 6.07) is 5.14. The Morgan fingerprint density at radius 2 is 2.00 bits per heavy atom. The van der Waals surface area contributed by atoms with Crippen LogP contribution in [0.2, 0.25) is 0 Å². The first kappa shape index (κ1) is 16.9. The lowest BCUT2D eigenvalue weighted by Crippen LogP contribution is -2.14. The number of aromatic nitrogens is 6. The summed E-state index contributed by atoms with van der Waals surface area (Å²) in [7, 11) is 0. The van der Waals surface area contributed by atoms with Gasteiger partial charge in [0.2, 0.25) is 0 Å². The largest absolute Gasteiger partial charge is 0.490 e. The van der Waals surface area contributed by atoms with E-state index in [4.69, 9.17) is 15.2 Å². The van der Waals surface area contributed by atoms with E-state index in [-0.39, 0.29) is 0 Å². The third-order valence-corrected chi connectivity index (χ3v) is 3.53. The van der Waals surface area contributed by atoms with Crippen LogP contribution in [0.4, 0.5) is 0 Å². The van der Waals surface area contributed by atoms with Gasteiger partial charge >= 0.3 is 0 Å². The van der Waals surface area contributed by atoms with Crippen molar-refractivity contribution < 1.29 is 9.47 Å². The monoisotopic (exact) mass is 343 g/mol. The van der Waals surface area contributed by atoms with E-state index in [9.17, 15) is 0 Å². The molecule has 25 heavy (non-hydrogen) atoms. The number of hydrogen-bond acceptors (Lipinski definition) is 7. The normalized spacial score (nSPS) is 12.1. The maximum absolute atomic E-state index is 6.32. The lowest BCUT2D eigenvalue weighted by Gasteiger charge is -2.14. The Labute approximate surface area is 145 Å². The van der Waals surface area contributed by atoms with E-state index in [0.717, 1.165) is 5.56 Å². The molecule has 0 spiro atoms. The Kier molecular flexibility index (Phi) is 5.24. The Hall–Kier alpha value is -2.94. The standard InChI is InChI=1S/C16H21N7O2/c1-3-24-12-6-5-11(7-13(12)25-4-2)15(17)16-20-14(21-22-16)8-23-10-18-9-19-23/h5-7,9-10,15H,3-4,8,17H2,1-2H3,(H,20,21,22)/t15-/m0/s1. The summed E-state index contributed by atoms with van der Waals surface area (Å²) in [6.07, 6.45) is 3.08. The molecule has 3 aromatic rings. The Morgan fingerprint density at radius 3 is 2.72 bits per heavy atom. The minimum Gasteiger partial charge on any atom is -0.490 e. The fourth-order valence-corrected chi connectivity index (χ4v) is 2.40. The van der Waals surface area contributed by atoms with Gasteiger partial charge in [0.1, 0.15) is 25.0 Å². The SMILES string of the molecule is CCOc1ccc([C@H](N)c2n[nH]c(Cn3cncn3)n2)cc1OCC. The smallest absolute Gasteiger partial charge is 0.171 e. The van der Waals surface area contributed by atoms with Gasteiger partial charge in [-0.25, -0.2) is 14.6 Å². The average molecular weight is 343 g/mol. The number of nitrogens with one attached hydrogen (secondary N) is 1. The fraction of sp³-hybridized carbons (Fsp3) is 0.375. The molecule has 0 aliphatic rings. The van der Waals surface area contributed by atoms with Crippen LogP contribution < -0.4 is 15.2 Å². The van der Waals surface area contributed by atoms with Crippen molar-refractivity contribution in [3.63, 3.8) is 0 Å². The molecule has 0 aliphatic carbocycles. The van der Waals surface area contributed by atoms with Gasteiger partial charge in [-0.2, -0.15) is 10.2 Å². The van der Waals surface area contributed by atoms with E-state index in [1.807, 2.05) is 32.0 Å². The van der Waals surface area contributed by atoms with Gasteiger partial charge in [-0.1, -0.05) is 6.07 Å². The zero-order valence-electron chi connectivity index (χ0n) is 14.2. The molecule has 9 heteroatoms. The van der Waals surface area contributed by atoms with Gasteiger partial charge in [-0.15, -0.1) is 0 Å². The summed E-state index contributed by atoms with van der Waals surface area (Å²) >= 11 is 0. The molecular formula is C16H21N7O2. The predicted octanol–water partition coefficient (Wildman–Crippen LogP) is 1.29. The molecule has 0 radical (unpaired) electrons. The number of ether oxygens (including phenoxy) is 2. The second-order valence-corrected chi connectivity index (χ2v) is 5.28. The first-order valence-electron chi connectivity index (χ1n) is 8.10. The second kappa shape index (κ2) is 7.75.